The Labute approximate surface area is 141 Å². The molecule has 1 saturated heterocycles. The fraction of sp³-hybridized carbons (Fsp3) is 0.333. The molecule has 1 amide bonds. The van der Waals surface area contributed by atoms with Gasteiger partial charge in [-0.25, -0.2) is 4.99 Å². The van der Waals surface area contributed by atoms with Crippen molar-refractivity contribution in [2.24, 2.45) is 4.99 Å². The standard InChI is InChI=1S/C15H17N3OS3/c1-17-7-9-18(10-8-17)15(19)20-14-11-13(21-22-14)16-12-5-3-2-4-6-12/h2-6,11H,7-10H2,1H3/b16-13-. The summed E-state index contributed by atoms with van der Waals surface area (Å²) in [5.74, 6) is 0. The largest absolute Gasteiger partial charge is 0.331 e. The highest BCUT2D eigenvalue weighted by atomic mass is 32.9. The van der Waals surface area contributed by atoms with Gasteiger partial charge in [0.25, 0.3) is 5.24 Å². The van der Waals surface area contributed by atoms with Gasteiger partial charge in [-0.3, -0.25) is 4.79 Å². The Kier molecular flexibility index (Phi) is 5.30. The molecule has 0 bridgehead atoms. The van der Waals surface area contributed by atoms with E-state index in [4.69, 9.17) is 0 Å². The molecule has 0 radical (unpaired) electrons. The summed E-state index contributed by atoms with van der Waals surface area (Å²) in [6.45, 7) is 3.54. The second-order valence-corrected chi connectivity index (χ2v) is 8.52. The maximum Gasteiger partial charge on any atom is 0.287 e. The molecule has 0 N–H and O–H groups in total. The van der Waals surface area contributed by atoms with Crippen LogP contribution in [-0.2, 0) is 0 Å². The number of hydrogen-bond donors (Lipinski definition) is 0. The molecule has 1 aromatic heterocycles. The minimum Gasteiger partial charge on any atom is -0.331 e. The molecule has 0 atom stereocenters. The molecule has 2 heterocycles. The number of carbonyl (C=O) groups excluding carboxylic acids is 1. The second kappa shape index (κ2) is 7.41. The van der Waals surface area contributed by atoms with Gasteiger partial charge in [-0.05, 0) is 37.0 Å². The van der Waals surface area contributed by atoms with Crippen molar-refractivity contribution in [2.75, 3.05) is 33.2 Å². The van der Waals surface area contributed by atoms with Gasteiger partial charge in [0.2, 0.25) is 0 Å². The third-order valence-electron chi connectivity index (χ3n) is 3.40. The number of nitrogens with zero attached hydrogens (tertiary/aromatic N) is 3. The van der Waals surface area contributed by atoms with Crippen molar-refractivity contribution >= 4 is 43.4 Å². The average molecular weight is 352 g/mol. The molecule has 1 aliphatic rings. The first kappa shape index (κ1) is 15.7. The number of rotatable bonds is 2. The predicted molar refractivity (Wildman–Crippen MR) is 94.2 cm³/mol. The van der Waals surface area contributed by atoms with Gasteiger partial charge in [-0.15, -0.1) is 0 Å². The summed E-state index contributed by atoms with van der Waals surface area (Å²) in [6, 6.07) is 11.9. The number of piperazine rings is 1. The van der Waals surface area contributed by atoms with Crippen LogP contribution in [0.4, 0.5) is 10.5 Å². The molecule has 1 aromatic carbocycles. The molecule has 0 aliphatic carbocycles. The molecule has 0 saturated carbocycles. The lowest BCUT2D eigenvalue weighted by molar-refractivity contribution is 0.172. The van der Waals surface area contributed by atoms with Crippen LogP contribution in [0.3, 0.4) is 0 Å². The van der Waals surface area contributed by atoms with Crippen LogP contribution in [0.5, 0.6) is 0 Å². The SMILES string of the molecule is CN1CCN(C(=O)Sc2c/c(=N/c3ccccc3)ss2)CC1. The molecule has 116 valence electrons. The summed E-state index contributed by atoms with van der Waals surface area (Å²) in [5.41, 5.74) is 0.943. The molecule has 22 heavy (non-hydrogen) atoms. The van der Waals surface area contributed by atoms with Gasteiger partial charge in [-0.1, -0.05) is 38.9 Å². The fourth-order valence-corrected chi connectivity index (χ4v) is 5.40. The number of carbonyl (C=O) groups is 1. The van der Waals surface area contributed by atoms with E-state index >= 15 is 0 Å². The molecule has 1 aliphatic heterocycles. The smallest absolute Gasteiger partial charge is 0.287 e. The minimum absolute atomic E-state index is 0.147. The number of thioether (sulfide) groups is 1. The van der Waals surface area contributed by atoms with E-state index in [1.807, 2.05) is 41.3 Å². The van der Waals surface area contributed by atoms with Crippen molar-refractivity contribution in [1.29, 1.82) is 0 Å². The van der Waals surface area contributed by atoms with Gasteiger partial charge < -0.3 is 9.80 Å². The van der Waals surface area contributed by atoms with Gasteiger partial charge in [-0.2, -0.15) is 0 Å². The fourth-order valence-electron chi connectivity index (χ4n) is 2.10. The highest BCUT2D eigenvalue weighted by molar-refractivity contribution is 8.15. The van der Waals surface area contributed by atoms with Crippen LogP contribution in [0.15, 0.2) is 45.6 Å². The van der Waals surface area contributed by atoms with Crippen molar-refractivity contribution in [2.45, 2.75) is 4.21 Å². The van der Waals surface area contributed by atoms with E-state index < -0.39 is 0 Å². The van der Waals surface area contributed by atoms with Crippen molar-refractivity contribution < 1.29 is 4.79 Å². The Morgan fingerprint density at radius 2 is 1.86 bits per heavy atom. The first-order chi connectivity index (χ1) is 10.7. The summed E-state index contributed by atoms with van der Waals surface area (Å²) in [5, 5.41) is 0.147. The molecular weight excluding hydrogens is 334 g/mol. The molecule has 3 rings (SSSR count). The molecule has 0 spiro atoms. The number of benzene rings is 1. The van der Waals surface area contributed by atoms with Gasteiger partial charge in [0.05, 0.1) is 9.90 Å². The summed E-state index contributed by atoms with van der Waals surface area (Å²) in [6.07, 6.45) is 0. The molecular formula is C15H17N3OS3. The number of amides is 1. The van der Waals surface area contributed by atoms with E-state index in [0.717, 1.165) is 40.7 Å². The third-order valence-corrected chi connectivity index (χ3v) is 7.01. The van der Waals surface area contributed by atoms with E-state index in [0.29, 0.717) is 0 Å². The maximum absolute atomic E-state index is 12.3. The Morgan fingerprint density at radius 3 is 2.59 bits per heavy atom. The van der Waals surface area contributed by atoms with Crippen LogP contribution in [0, 0.1) is 0 Å². The number of likely N-dealkylation sites (N-methyl/N-ethyl adjacent to an activating group) is 1. The maximum atomic E-state index is 12.3. The Bertz CT molecular complexity index is 687. The molecule has 4 nitrogen and oxygen atoms in total. The van der Waals surface area contributed by atoms with Crippen LogP contribution >= 0.6 is 32.4 Å². The van der Waals surface area contributed by atoms with Crippen LogP contribution in [0.25, 0.3) is 0 Å². The van der Waals surface area contributed by atoms with Crippen LogP contribution in [0.1, 0.15) is 0 Å². The van der Waals surface area contributed by atoms with Crippen molar-refractivity contribution in [3.05, 3.63) is 41.1 Å². The monoisotopic (exact) mass is 351 g/mol. The van der Waals surface area contributed by atoms with E-state index in [9.17, 15) is 4.79 Å². The zero-order chi connectivity index (χ0) is 15.4. The van der Waals surface area contributed by atoms with E-state index in [2.05, 4.69) is 16.9 Å². The Hall–Kier alpha value is -1.15. The van der Waals surface area contributed by atoms with E-state index in [1.54, 1.807) is 20.7 Å². The Balaban J connectivity index is 1.64. The molecule has 0 unspecified atom stereocenters. The highest BCUT2D eigenvalue weighted by Gasteiger charge is 2.20. The van der Waals surface area contributed by atoms with Gasteiger partial charge in [0, 0.05) is 26.2 Å². The number of hydrogen-bond acceptors (Lipinski definition) is 6. The quantitative estimate of drug-likeness (QED) is 0.614. The summed E-state index contributed by atoms with van der Waals surface area (Å²) in [7, 11) is 5.31. The normalized spacial score (nSPS) is 17.0. The van der Waals surface area contributed by atoms with Crippen molar-refractivity contribution in [1.82, 2.24) is 9.80 Å². The number of para-hydroxylation sites is 1. The zero-order valence-electron chi connectivity index (χ0n) is 12.3. The summed E-state index contributed by atoms with van der Waals surface area (Å²) in [4.78, 5) is 21.1. The molecule has 1 fully saturated rings. The third kappa shape index (κ3) is 4.19. The minimum atomic E-state index is 0.147. The lowest BCUT2D eigenvalue weighted by Crippen LogP contribution is -2.45. The van der Waals surface area contributed by atoms with Gasteiger partial charge in [0.15, 0.2) is 0 Å². The van der Waals surface area contributed by atoms with Crippen molar-refractivity contribution in [3.8, 4) is 0 Å². The molecule has 7 heteroatoms. The van der Waals surface area contributed by atoms with Crippen LogP contribution in [-0.4, -0.2) is 48.3 Å². The topological polar surface area (TPSA) is 35.9 Å². The van der Waals surface area contributed by atoms with Gasteiger partial charge in [0.1, 0.15) is 4.67 Å². The summed E-state index contributed by atoms with van der Waals surface area (Å²) >= 11 is 1.32. The van der Waals surface area contributed by atoms with E-state index in [1.165, 1.54) is 11.8 Å². The van der Waals surface area contributed by atoms with E-state index in [-0.39, 0.29) is 5.24 Å². The highest BCUT2D eigenvalue weighted by Crippen LogP contribution is 2.27. The van der Waals surface area contributed by atoms with Crippen molar-refractivity contribution in [3.63, 3.8) is 0 Å². The average Bonchev–Trinajstić information content (AvgIpc) is 2.96. The Morgan fingerprint density at radius 1 is 1.14 bits per heavy atom. The van der Waals surface area contributed by atoms with Crippen LogP contribution < -0.4 is 4.67 Å². The predicted octanol–water partition coefficient (Wildman–Crippen LogP) is 3.50. The first-order valence-electron chi connectivity index (χ1n) is 7.06. The second-order valence-electron chi connectivity index (χ2n) is 5.07. The van der Waals surface area contributed by atoms with Gasteiger partial charge >= 0.3 is 0 Å². The first-order valence-corrected chi connectivity index (χ1v) is 10.0. The summed E-state index contributed by atoms with van der Waals surface area (Å²) < 4.78 is 1.97. The molecule has 2 aromatic rings. The zero-order valence-corrected chi connectivity index (χ0v) is 14.7. The lowest BCUT2D eigenvalue weighted by atomic mass is 10.3. The lowest BCUT2D eigenvalue weighted by Gasteiger charge is -2.31. The van der Waals surface area contributed by atoms with Crippen LogP contribution in [0.2, 0.25) is 0 Å².